The number of aromatic nitrogens is 1. The third-order valence-electron chi connectivity index (χ3n) is 11.6. The molecule has 1 aromatic heterocycles. The van der Waals surface area contributed by atoms with E-state index in [4.69, 9.17) is 0 Å². The van der Waals surface area contributed by atoms with Crippen LogP contribution in [0.15, 0.2) is 231 Å². The van der Waals surface area contributed by atoms with E-state index in [0.29, 0.717) is 0 Å². The number of fused-ring (bicyclic) bond motifs is 5. The van der Waals surface area contributed by atoms with Crippen molar-refractivity contribution in [2.24, 2.45) is 0 Å². The van der Waals surface area contributed by atoms with Crippen molar-refractivity contribution in [1.82, 2.24) is 4.57 Å². The van der Waals surface area contributed by atoms with Gasteiger partial charge in [-0.3, -0.25) is 0 Å². The van der Waals surface area contributed by atoms with Gasteiger partial charge in [-0.25, -0.2) is 0 Å². The lowest BCUT2D eigenvalue weighted by molar-refractivity contribution is 1.18. The highest BCUT2D eigenvalue weighted by Gasteiger charge is 2.20. The van der Waals surface area contributed by atoms with Crippen molar-refractivity contribution in [2.45, 2.75) is 0 Å². The first kappa shape index (κ1) is 33.6. The van der Waals surface area contributed by atoms with Crippen LogP contribution in [0, 0.1) is 0 Å². The normalized spacial score (nSPS) is 11.4. The molecule has 0 aliphatic rings. The van der Waals surface area contributed by atoms with Crippen LogP contribution in [0.3, 0.4) is 0 Å². The van der Waals surface area contributed by atoms with E-state index in [-0.39, 0.29) is 0 Å². The zero-order chi connectivity index (χ0) is 38.4. The fourth-order valence-corrected chi connectivity index (χ4v) is 8.85. The monoisotopic (exact) mass is 738 g/mol. The predicted molar refractivity (Wildman–Crippen MR) is 247 cm³/mol. The molecule has 0 amide bonds. The lowest BCUT2D eigenvalue weighted by Crippen LogP contribution is -2.11. The Bertz CT molecular complexity index is 3230. The van der Waals surface area contributed by atoms with E-state index in [1.807, 2.05) is 0 Å². The molecule has 58 heavy (non-hydrogen) atoms. The van der Waals surface area contributed by atoms with E-state index in [0.717, 1.165) is 28.3 Å². The quantitative estimate of drug-likeness (QED) is 0.158. The highest BCUT2D eigenvalue weighted by Crippen LogP contribution is 2.44. The number of hydrogen-bond donors (Lipinski definition) is 0. The Balaban J connectivity index is 1.07. The Morgan fingerprint density at radius 1 is 0.293 bits per heavy atom. The number of anilines is 3. The van der Waals surface area contributed by atoms with Gasteiger partial charge in [-0.15, -0.1) is 0 Å². The molecule has 0 saturated heterocycles. The Hall–Kier alpha value is -7.68. The van der Waals surface area contributed by atoms with E-state index >= 15 is 0 Å². The largest absolute Gasteiger partial charge is 0.310 e. The summed E-state index contributed by atoms with van der Waals surface area (Å²) in [7, 11) is 0. The molecule has 0 unspecified atom stereocenters. The zero-order valence-corrected chi connectivity index (χ0v) is 31.8. The van der Waals surface area contributed by atoms with Crippen LogP contribution in [0.5, 0.6) is 0 Å². The average Bonchev–Trinajstić information content (AvgIpc) is 3.64. The van der Waals surface area contributed by atoms with E-state index < -0.39 is 0 Å². The lowest BCUT2D eigenvalue weighted by atomic mass is 9.96. The molecule has 0 N–H and O–H groups in total. The Labute approximate surface area is 338 Å². The Kier molecular flexibility index (Phi) is 8.19. The minimum atomic E-state index is 1.09. The van der Waals surface area contributed by atoms with Gasteiger partial charge in [0, 0.05) is 33.1 Å². The van der Waals surface area contributed by atoms with Gasteiger partial charge in [-0.1, -0.05) is 176 Å². The average molecular weight is 739 g/mol. The maximum absolute atomic E-state index is 2.42. The van der Waals surface area contributed by atoms with Crippen molar-refractivity contribution in [2.75, 3.05) is 4.90 Å². The molecule has 1 heterocycles. The van der Waals surface area contributed by atoms with Gasteiger partial charge in [0.15, 0.2) is 0 Å². The Morgan fingerprint density at radius 2 is 0.862 bits per heavy atom. The minimum absolute atomic E-state index is 1.09. The van der Waals surface area contributed by atoms with Gasteiger partial charge < -0.3 is 9.47 Å². The van der Waals surface area contributed by atoms with Gasteiger partial charge in [0.1, 0.15) is 0 Å². The smallest absolute Gasteiger partial charge is 0.0541 e. The third-order valence-corrected chi connectivity index (χ3v) is 11.6. The summed E-state index contributed by atoms with van der Waals surface area (Å²) in [5, 5.41) is 7.42. The molecule has 2 nitrogen and oxygen atoms in total. The molecule has 10 aromatic carbocycles. The van der Waals surface area contributed by atoms with Gasteiger partial charge in [-0.2, -0.15) is 0 Å². The van der Waals surface area contributed by atoms with E-state index in [2.05, 4.69) is 240 Å². The fourth-order valence-electron chi connectivity index (χ4n) is 8.85. The second-order valence-corrected chi connectivity index (χ2v) is 14.9. The molecule has 0 saturated carbocycles. The van der Waals surface area contributed by atoms with Gasteiger partial charge in [-0.05, 0) is 98.6 Å². The van der Waals surface area contributed by atoms with Crippen LogP contribution >= 0.6 is 0 Å². The van der Waals surface area contributed by atoms with E-state index in [1.165, 1.54) is 71.2 Å². The lowest BCUT2D eigenvalue weighted by Gasteiger charge is -2.28. The summed E-state index contributed by atoms with van der Waals surface area (Å²) >= 11 is 0. The maximum Gasteiger partial charge on any atom is 0.0541 e. The molecule has 0 aliphatic carbocycles. The molecule has 0 aliphatic heterocycles. The van der Waals surface area contributed by atoms with Crippen LogP contribution in [-0.2, 0) is 0 Å². The summed E-state index contributed by atoms with van der Waals surface area (Å²) in [6.45, 7) is 0. The summed E-state index contributed by atoms with van der Waals surface area (Å²) < 4.78 is 2.42. The third kappa shape index (κ3) is 5.74. The van der Waals surface area contributed by atoms with Crippen LogP contribution in [-0.4, -0.2) is 4.57 Å². The second-order valence-electron chi connectivity index (χ2n) is 14.9. The highest BCUT2D eigenvalue weighted by molar-refractivity contribution is 6.10. The summed E-state index contributed by atoms with van der Waals surface area (Å²) in [6, 6.07) is 83.7. The summed E-state index contributed by atoms with van der Waals surface area (Å²) in [5.74, 6) is 0. The fraction of sp³-hybridized carbons (Fsp3) is 0. The molecule has 0 atom stereocenters. The van der Waals surface area contributed by atoms with Crippen LogP contribution in [0.2, 0.25) is 0 Å². The highest BCUT2D eigenvalue weighted by atomic mass is 15.1. The maximum atomic E-state index is 2.42. The van der Waals surface area contributed by atoms with Gasteiger partial charge in [0.2, 0.25) is 0 Å². The summed E-state index contributed by atoms with van der Waals surface area (Å²) in [6.07, 6.45) is 0. The molecule has 0 bridgehead atoms. The second kappa shape index (κ2) is 14.1. The van der Waals surface area contributed by atoms with Crippen LogP contribution in [0.25, 0.3) is 82.4 Å². The van der Waals surface area contributed by atoms with Crippen molar-refractivity contribution < 1.29 is 0 Å². The SMILES string of the molecule is c1ccc(-c2ccc(N(c3ccc(-c4ccccc4-n4c5ccccc5c5ccccc54)cc3)c3cccc(-c4ccc5ccccc5c4)c3)c3ccccc23)cc1. The number of hydrogen-bond acceptors (Lipinski definition) is 1. The zero-order valence-electron chi connectivity index (χ0n) is 31.8. The van der Waals surface area contributed by atoms with Gasteiger partial charge in [0.25, 0.3) is 0 Å². The standard InChI is InChI=1S/C56H38N2/c1-2-16-40(17-3-1)47-35-36-56(50-23-7-6-22-49(47)50)57(46-20-14-19-43(38-46)44-30-29-39-15-4-5-18-42(39)37-44)45-33-31-41(32-34-45)48-21-8-11-26-53(48)58-54-27-12-9-24-51(54)52-25-10-13-28-55(52)58/h1-38H. The van der Waals surface area contributed by atoms with Crippen molar-refractivity contribution in [1.29, 1.82) is 0 Å². The Morgan fingerprint density at radius 3 is 1.64 bits per heavy atom. The molecule has 11 rings (SSSR count). The molecule has 0 fully saturated rings. The number of rotatable bonds is 7. The number of nitrogens with zero attached hydrogens (tertiary/aromatic N) is 2. The van der Waals surface area contributed by atoms with E-state index in [1.54, 1.807) is 0 Å². The first-order valence-corrected chi connectivity index (χ1v) is 19.9. The van der Waals surface area contributed by atoms with E-state index in [9.17, 15) is 0 Å². The van der Waals surface area contributed by atoms with Gasteiger partial charge >= 0.3 is 0 Å². The molecule has 2 heteroatoms. The van der Waals surface area contributed by atoms with Crippen molar-refractivity contribution in [3.05, 3.63) is 231 Å². The number of benzene rings is 10. The van der Waals surface area contributed by atoms with Crippen LogP contribution in [0.1, 0.15) is 0 Å². The molecule has 0 spiro atoms. The first-order valence-electron chi connectivity index (χ1n) is 19.9. The molecule has 11 aromatic rings. The molecule has 272 valence electrons. The van der Waals surface area contributed by atoms with Crippen LogP contribution in [0.4, 0.5) is 17.1 Å². The van der Waals surface area contributed by atoms with Crippen molar-refractivity contribution in [3.8, 4) is 39.1 Å². The predicted octanol–water partition coefficient (Wildman–Crippen LogP) is 15.6. The van der Waals surface area contributed by atoms with Crippen molar-refractivity contribution >= 4 is 60.4 Å². The minimum Gasteiger partial charge on any atom is -0.310 e. The molecule has 0 radical (unpaired) electrons. The molecular formula is C56H38N2. The van der Waals surface area contributed by atoms with Crippen molar-refractivity contribution in [3.63, 3.8) is 0 Å². The topological polar surface area (TPSA) is 8.17 Å². The first-order chi connectivity index (χ1) is 28.8. The molecular weight excluding hydrogens is 701 g/mol. The van der Waals surface area contributed by atoms with Crippen LogP contribution < -0.4 is 4.90 Å². The summed E-state index contributed by atoms with van der Waals surface area (Å²) in [5.41, 5.74) is 14.0. The summed E-state index contributed by atoms with van der Waals surface area (Å²) in [4.78, 5) is 2.42. The number of para-hydroxylation sites is 3. The van der Waals surface area contributed by atoms with Gasteiger partial charge in [0.05, 0.1) is 22.4 Å².